The van der Waals surface area contributed by atoms with Crippen LogP contribution in [0.2, 0.25) is 0 Å². The van der Waals surface area contributed by atoms with Gasteiger partial charge in [0, 0.05) is 11.7 Å². The van der Waals surface area contributed by atoms with Crippen LogP contribution in [0.5, 0.6) is 0 Å². The normalized spacial score (nSPS) is 15.5. The monoisotopic (exact) mass is 493 g/mol. The molecule has 8 nitrogen and oxygen atoms in total. The van der Waals surface area contributed by atoms with Crippen molar-refractivity contribution in [2.45, 2.75) is 61.8 Å². The number of amides is 1. The lowest BCUT2D eigenvalue weighted by Crippen LogP contribution is -2.45. The fourth-order valence-corrected chi connectivity index (χ4v) is 6.37. The van der Waals surface area contributed by atoms with Crippen LogP contribution in [-0.2, 0) is 24.8 Å². The van der Waals surface area contributed by atoms with Crippen LogP contribution < -0.4 is 10.0 Å². The highest BCUT2D eigenvalue weighted by Crippen LogP contribution is 2.28. The number of anilines is 1. The van der Waals surface area contributed by atoms with Crippen molar-refractivity contribution in [1.82, 2.24) is 9.03 Å². The van der Waals surface area contributed by atoms with Gasteiger partial charge < -0.3 is 5.32 Å². The van der Waals surface area contributed by atoms with Crippen LogP contribution in [-0.4, -0.2) is 46.7 Å². The van der Waals surface area contributed by atoms with E-state index in [1.807, 2.05) is 6.92 Å². The second-order valence-corrected chi connectivity index (χ2v) is 12.2. The van der Waals surface area contributed by atoms with Crippen molar-refractivity contribution in [3.05, 3.63) is 53.6 Å². The number of hydrogen-bond donors (Lipinski definition) is 2. The zero-order valence-corrected chi connectivity index (χ0v) is 20.8. The van der Waals surface area contributed by atoms with Crippen LogP contribution in [0.1, 0.15) is 43.2 Å². The van der Waals surface area contributed by atoms with Gasteiger partial charge >= 0.3 is 0 Å². The summed E-state index contributed by atoms with van der Waals surface area (Å²) < 4.78 is 54.8. The van der Waals surface area contributed by atoms with Gasteiger partial charge in [-0.2, -0.15) is 4.31 Å². The third-order valence-electron chi connectivity index (χ3n) is 5.97. The van der Waals surface area contributed by atoms with Crippen molar-refractivity contribution < 1.29 is 21.6 Å². The molecule has 1 amide bonds. The second-order valence-electron chi connectivity index (χ2n) is 8.39. The number of hydrogen-bond acceptors (Lipinski definition) is 5. The molecule has 3 rings (SSSR count). The van der Waals surface area contributed by atoms with Crippen molar-refractivity contribution in [3.8, 4) is 0 Å². The third-order valence-corrected chi connectivity index (χ3v) is 9.30. The number of nitrogens with one attached hydrogen (secondary N) is 2. The van der Waals surface area contributed by atoms with Gasteiger partial charge in [-0.15, -0.1) is 0 Å². The molecule has 180 valence electrons. The van der Waals surface area contributed by atoms with Gasteiger partial charge in [0.05, 0.1) is 16.3 Å². The Morgan fingerprint density at radius 3 is 2.15 bits per heavy atom. The minimum absolute atomic E-state index is 0.0160. The maximum absolute atomic E-state index is 13.5. The molecule has 0 aliphatic heterocycles. The van der Waals surface area contributed by atoms with Gasteiger partial charge in [-0.25, -0.2) is 21.6 Å². The van der Waals surface area contributed by atoms with Crippen LogP contribution in [0.4, 0.5) is 5.69 Å². The summed E-state index contributed by atoms with van der Waals surface area (Å²) in [5.74, 6) is -0.515. The van der Waals surface area contributed by atoms with Crippen LogP contribution >= 0.6 is 0 Å². The summed E-state index contributed by atoms with van der Waals surface area (Å²) >= 11 is 0. The highest BCUT2D eigenvalue weighted by atomic mass is 32.2. The van der Waals surface area contributed by atoms with E-state index in [-0.39, 0.29) is 22.4 Å². The molecule has 2 N–H and O–H groups in total. The van der Waals surface area contributed by atoms with Crippen molar-refractivity contribution >= 4 is 31.6 Å². The fraction of sp³-hybridized carbons (Fsp3) is 0.435. The Morgan fingerprint density at radius 1 is 0.939 bits per heavy atom. The molecule has 1 aliphatic carbocycles. The van der Waals surface area contributed by atoms with Crippen LogP contribution in [0.15, 0.2) is 52.3 Å². The first-order valence-corrected chi connectivity index (χ1v) is 13.9. The summed E-state index contributed by atoms with van der Waals surface area (Å²) in [7, 11) is -6.26. The van der Waals surface area contributed by atoms with E-state index < -0.39 is 26.0 Å². The number of aryl methyl sites for hydroxylation is 2. The van der Waals surface area contributed by atoms with Gasteiger partial charge in [0.1, 0.15) is 0 Å². The molecule has 0 unspecified atom stereocenters. The van der Waals surface area contributed by atoms with Crippen molar-refractivity contribution in [2.75, 3.05) is 18.9 Å². The van der Waals surface area contributed by atoms with E-state index in [0.717, 1.165) is 24.8 Å². The highest BCUT2D eigenvalue weighted by molar-refractivity contribution is 7.89. The molecule has 0 spiro atoms. The molecule has 0 bridgehead atoms. The standard InChI is InChI=1S/C23H31N3O5S2/c1-17-9-12-20(13-10-17)33(30,31)26(19-7-5-4-6-8-19)16-23(27)25-22-15-21(14-11-18(22)2)32(28,29)24-3/h9-15,19,24H,4-8,16H2,1-3H3,(H,25,27). The van der Waals surface area contributed by atoms with Gasteiger partial charge in [0.15, 0.2) is 0 Å². The zero-order chi connectivity index (χ0) is 24.2. The maximum Gasteiger partial charge on any atom is 0.243 e. The van der Waals surface area contributed by atoms with Crippen molar-refractivity contribution in [2.24, 2.45) is 0 Å². The average Bonchev–Trinajstić information content (AvgIpc) is 2.79. The molecule has 1 saturated carbocycles. The topological polar surface area (TPSA) is 113 Å². The SMILES string of the molecule is CNS(=O)(=O)c1ccc(C)c(NC(=O)CN(C2CCCCC2)S(=O)(=O)c2ccc(C)cc2)c1. The minimum Gasteiger partial charge on any atom is -0.325 e. The Hall–Kier alpha value is -2.27. The van der Waals surface area contributed by atoms with E-state index in [1.165, 1.54) is 23.5 Å². The molecule has 0 aromatic heterocycles. The van der Waals surface area contributed by atoms with E-state index in [0.29, 0.717) is 24.1 Å². The average molecular weight is 494 g/mol. The first-order chi connectivity index (χ1) is 15.5. The van der Waals surface area contributed by atoms with Gasteiger partial charge in [-0.05, 0) is 63.6 Å². The van der Waals surface area contributed by atoms with Crippen LogP contribution in [0.25, 0.3) is 0 Å². The Morgan fingerprint density at radius 2 is 1.55 bits per heavy atom. The summed E-state index contributed by atoms with van der Waals surface area (Å²) in [4.78, 5) is 13.2. The van der Waals surface area contributed by atoms with Gasteiger partial charge in [-0.1, -0.05) is 43.0 Å². The molecule has 1 aliphatic rings. The third kappa shape index (κ3) is 6.00. The summed E-state index contributed by atoms with van der Waals surface area (Å²) in [5, 5.41) is 2.71. The summed E-state index contributed by atoms with van der Waals surface area (Å²) in [5.41, 5.74) is 1.94. The lowest BCUT2D eigenvalue weighted by Gasteiger charge is -2.33. The van der Waals surface area contributed by atoms with Crippen molar-refractivity contribution in [3.63, 3.8) is 0 Å². The smallest absolute Gasteiger partial charge is 0.243 e. The predicted octanol–water partition coefficient (Wildman–Crippen LogP) is 3.17. The molecule has 2 aromatic rings. The molecule has 10 heteroatoms. The summed E-state index contributed by atoms with van der Waals surface area (Å²) in [6, 6.07) is 10.8. The Balaban J connectivity index is 1.88. The number of sulfonamides is 2. The number of carbonyl (C=O) groups excluding carboxylic acids is 1. The minimum atomic E-state index is -3.88. The predicted molar refractivity (Wildman–Crippen MR) is 128 cm³/mol. The molecule has 0 atom stereocenters. The van der Waals surface area contributed by atoms with E-state index in [1.54, 1.807) is 37.3 Å². The molecule has 33 heavy (non-hydrogen) atoms. The largest absolute Gasteiger partial charge is 0.325 e. The Bertz CT molecular complexity index is 1200. The van der Waals surface area contributed by atoms with E-state index in [9.17, 15) is 21.6 Å². The van der Waals surface area contributed by atoms with E-state index >= 15 is 0 Å². The van der Waals surface area contributed by atoms with Gasteiger partial charge in [-0.3, -0.25) is 4.79 Å². The molecular formula is C23H31N3O5S2. The second kappa shape index (κ2) is 10.3. The molecule has 1 fully saturated rings. The highest BCUT2D eigenvalue weighted by Gasteiger charge is 2.34. The quantitative estimate of drug-likeness (QED) is 0.587. The van der Waals surface area contributed by atoms with Gasteiger partial charge in [0.2, 0.25) is 26.0 Å². The first-order valence-electron chi connectivity index (χ1n) is 11.0. The van der Waals surface area contributed by atoms with Crippen LogP contribution in [0, 0.1) is 13.8 Å². The molecular weight excluding hydrogens is 462 g/mol. The number of benzene rings is 2. The molecule has 0 heterocycles. The maximum atomic E-state index is 13.5. The lowest BCUT2D eigenvalue weighted by atomic mass is 9.95. The summed E-state index contributed by atoms with van der Waals surface area (Å²) in [6.07, 6.45) is 4.28. The van der Waals surface area contributed by atoms with Crippen molar-refractivity contribution in [1.29, 1.82) is 0 Å². The Kier molecular flexibility index (Phi) is 7.94. The van der Waals surface area contributed by atoms with Crippen LogP contribution in [0.3, 0.4) is 0 Å². The first kappa shape index (κ1) is 25.4. The zero-order valence-electron chi connectivity index (χ0n) is 19.2. The van der Waals surface area contributed by atoms with E-state index in [4.69, 9.17) is 0 Å². The molecule has 0 saturated heterocycles. The number of rotatable bonds is 8. The molecule has 2 aromatic carbocycles. The number of carbonyl (C=O) groups is 1. The molecule has 0 radical (unpaired) electrons. The van der Waals surface area contributed by atoms with E-state index in [2.05, 4.69) is 10.0 Å². The summed E-state index contributed by atoms with van der Waals surface area (Å²) in [6.45, 7) is 3.28. The fourth-order valence-electron chi connectivity index (χ4n) is 3.98. The van der Waals surface area contributed by atoms with Gasteiger partial charge in [0.25, 0.3) is 0 Å². The lowest BCUT2D eigenvalue weighted by molar-refractivity contribution is -0.116. The number of nitrogens with zero attached hydrogens (tertiary/aromatic N) is 1. The Labute approximate surface area is 196 Å².